The van der Waals surface area contributed by atoms with E-state index in [0.717, 1.165) is 25.5 Å². The molecular formula is C19H33NO2. The second-order valence-corrected chi connectivity index (χ2v) is 9.06. The summed E-state index contributed by atoms with van der Waals surface area (Å²) in [6.45, 7) is 9.35. The molecule has 22 heavy (non-hydrogen) atoms. The second-order valence-electron chi connectivity index (χ2n) is 9.06. The van der Waals surface area contributed by atoms with Crippen LogP contribution in [-0.4, -0.2) is 43.5 Å². The summed E-state index contributed by atoms with van der Waals surface area (Å²) in [7, 11) is 0. The fourth-order valence-electron chi connectivity index (χ4n) is 5.89. The van der Waals surface area contributed by atoms with Crippen LogP contribution in [0.4, 0.5) is 0 Å². The highest BCUT2D eigenvalue weighted by Crippen LogP contribution is 2.66. The van der Waals surface area contributed by atoms with Crippen LogP contribution in [0.2, 0.25) is 0 Å². The lowest BCUT2D eigenvalue weighted by atomic mass is 9.63. The van der Waals surface area contributed by atoms with Gasteiger partial charge in [0.05, 0.1) is 12.7 Å². The van der Waals surface area contributed by atoms with Crippen molar-refractivity contribution in [1.82, 2.24) is 4.90 Å². The lowest BCUT2D eigenvalue weighted by Gasteiger charge is -2.43. The number of nitrogens with zero attached hydrogens (tertiary/aromatic N) is 1. The molecule has 0 aromatic heterocycles. The minimum absolute atomic E-state index is 0.0610. The molecule has 3 nitrogen and oxygen atoms in total. The number of rotatable bonds is 4. The lowest BCUT2D eigenvalue weighted by Crippen LogP contribution is -2.38. The zero-order valence-corrected chi connectivity index (χ0v) is 14.5. The maximum atomic E-state index is 6.30. The third-order valence-corrected chi connectivity index (χ3v) is 7.23. The molecule has 3 heteroatoms. The molecule has 4 atom stereocenters. The number of hydrogen-bond acceptors (Lipinski definition) is 3. The van der Waals surface area contributed by atoms with Crippen LogP contribution in [-0.2, 0) is 9.47 Å². The van der Waals surface area contributed by atoms with E-state index >= 15 is 0 Å². The van der Waals surface area contributed by atoms with Crippen molar-refractivity contribution in [3.05, 3.63) is 0 Å². The number of ether oxygens (including phenoxy) is 2. The van der Waals surface area contributed by atoms with Gasteiger partial charge in [-0.3, -0.25) is 0 Å². The molecule has 4 aliphatic rings. The molecule has 0 amide bonds. The van der Waals surface area contributed by atoms with Gasteiger partial charge in [0.2, 0.25) is 0 Å². The van der Waals surface area contributed by atoms with Gasteiger partial charge in [0.1, 0.15) is 0 Å². The van der Waals surface area contributed by atoms with Gasteiger partial charge in [-0.15, -0.1) is 0 Å². The molecule has 2 bridgehead atoms. The molecule has 2 aliphatic carbocycles. The smallest absolute Gasteiger partial charge is 0.158 e. The summed E-state index contributed by atoms with van der Waals surface area (Å²) < 4.78 is 12.4. The highest BCUT2D eigenvalue weighted by Gasteiger charge is 2.57. The van der Waals surface area contributed by atoms with Gasteiger partial charge < -0.3 is 14.4 Å². The zero-order chi connectivity index (χ0) is 15.2. The van der Waals surface area contributed by atoms with Crippen LogP contribution in [0.15, 0.2) is 0 Å². The van der Waals surface area contributed by atoms with Gasteiger partial charge in [0.25, 0.3) is 0 Å². The molecule has 2 aliphatic heterocycles. The Kier molecular flexibility index (Phi) is 4.03. The second kappa shape index (κ2) is 5.75. The summed E-state index contributed by atoms with van der Waals surface area (Å²) in [5.41, 5.74) is 0.968. The Morgan fingerprint density at radius 3 is 2.59 bits per heavy atom. The van der Waals surface area contributed by atoms with Crippen LogP contribution in [0.25, 0.3) is 0 Å². The highest BCUT2D eigenvalue weighted by atomic mass is 16.7. The van der Waals surface area contributed by atoms with Gasteiger partial charge in [-0.2, -0.15) is 0 Å². The molecule has 4 fully saturated rings. The number of fused-ring (bicyclic) bond motifs is 2. The predicted octanol–water partition coefficient (Wildman–Crippen LogP) is 3.82. The Hall–Kier alpha value is -0.120. The fraction of sp³-hybridized carbons (Fsp3) is 1.00. The largest absolute Gasteiger partial charge is 0.350 e. The maximum Gasteiger partial charge on any atom is 0.158 e. The van der Waals surface area contributed by atoms with Crippen LogP contribution in [0.1, 0.15) is 65.2 Å². The first-order chi connectivity index (χ1) is 10.6. The van der Waals surface area contributed by atoms with Crippen LogP contribution in [0, 0.1) is 16.7 Å². The van der Waals surface area contributed by atoms with Crippen LogP contribution in [0.3, 0.4) is 0 Å². The number of piperidine rings is 1. The zero-order valence-electron chi connectivity index (χ0n) is 14.5. The van der Waals surface area contributed by atoms with Crippen molar-refractivity contribution in [2.24, 2.45) is 16.7 Å². The van der Waals surface area contributed by atoms with E-state index in [4.69, 9.17) is 9.47 Å². The summed E-state index contributed by atoms with van der Waals surface area (Å²) in [6.07, 6.45) is 11.3. The third kappa shape index (κ3) is 2.74. The first-order valence-corrected chi connectivity index (χ1v) is 9.56. The van der Waals surface area contributed by atoms with Crippen molar-refractivity contribution in [2.75, 3.05) is 26.2 Å². The van der Waals surface area contributed by atoms with Crippen LogP contribution in [0.5, 0.6) is 0 Å². The maximum absolute atomic E-state index is 6.30. The molecule has 2 saturated carbocycles. The topological polar surface area (TPSA) is 21.7 Å². The van der Waals surface area contributed by atoms with E-state index in [-0.39, 0.29) is 6.29 Å². The summed E-state index contributed by atoms with van der Waals surface area (Å²) in [5.74, 6) is 0.973. The van der Waals surface area contributed by atoms with Crippen LogP contribution >= 0.6 is 0 Å². The van der Waals surface area contributed by atoms with Gasteiger partial charge in [-0.25, -0.2) is 0 Å². The average molecular weight is 307 g/mol. The molecule has 2 heterocycles. The molecule has 0 spiro atoms. The molecule has 4 rings (SSSR count). The van der Waals surface area contributed by atoms with Crippen molar-refractivity contribution in [2.45, 2.75) is 77.6 Å². The van der Waals surface area contributed by atoms with E-state index < -0.39 is 0 Å². The molecule has 126 valence electrons. The standard InChI is InChI=1S/C19H33NO2/c1-18(2)10-15-6-7-19(18,11-15)12-17-21-14-16(22-17)13-20-8-4-3-5-9-20/h15-17H,3-14H2,1-2H3. The van der Waals surface area contributed by atoms with Crippen molar-refractivity contribution in [3.63, 3.8) is 0 Å². The Labute approximate surface area is 135 Å². The fourth-order valence-corrected chi connectivity index (χ4v) is 5.89. The van der Waals surface area contributed by atoms with Gasteiger partial charge in [0, 0.05) is 13.0 Å². The normalized spacial score (nSPS) is 44.7. The summed E-state index contributed by atoms with van der Waals surface area (Å²) in [6, 6.07) is 0. The third-order valence-electron chi connectivity index (χ3n) is 7.23. The Morgan fingerprint density at radius 1 is 1.09 bits per heavy atom. The molecular weight excluding hydrogens is 274 g/mol. The lowest BCUT2D eigenvalue weighted by molar-refractivity contribution is -0.105. The van der Waals surface area contributed by atoms with Gasteiger partial charge >= 0.3 is 0 Å². The summed E-state index contributed by atoms with van der Waals surface area (Å²) >= 11 is 0. The predicted molar refractivity (Wildman–Crippen MR) is 87.7 cm³/mol. The molecule has 0 radical (unpaired) electrons. The monoisotopic (exact) mass is 307 g/mol. The van der Waals surface area contributed by atoms with E-state index in [0.29, 0.717) is 16.9 Å². The average Bonchev–Trinajstić information content (AvgIpc) is 3.14. The van der Waals surface area contributed by atoms with Crippen molar-refractivity contribution in [3.8, 4) is 0 Å². The molecule has 2 saturated heterocycles. The Bertz CT molecular complexity index is 404. The van der Waals surface area contributed by atoms with Crippen LogP contribution < -0.4 is 0 Å². The van der Waals surface area contributed by atoms with Crippen molar-refractivity contribution in [1.29, 1.82) is 0 Å². The van der Waals surface area contributed by atoms with Gasteiger partial charge in [-0.05, 0) is 68.4 Å². The molecule has 4 unspecified atom stereocenters. The Balaban J connectivity index is 1.31. The number of hydrogen-bond donors (Lipinski definition) is 0. The van der Waals surface area contributed by atoms with Gasteiger partial charge in [0.15, 0.2) is 6.29 Å². The minimum Gasteiger partial charge on any atom is -0.350 e. The van der Waals surface area contributed by atoms with Crippen molar-refractivity contribution >= 4 is 0 Å². The quantitative estimate of drug-likeness (QED) is 0.788. The molecule has 0 N–H and O–H groups in total. The van der Waals surface area contributed by atoms with E-state index in [1.807, 2.05) is 0 Å². The van der Waals surface area contributed by atoms with E-state index in [2.05, 4.69) is 18.7 Å². The summed E-state index contributed by atoms with van der Waals surface area (Å²) in [5, 5.41) is 0. The first kappa shape index (κ1) is 15.4. The molecule has 0 aromatic rings. The molecule has 0 aromatic carbocycles. The number of likely N-dealkylation sites (tertiary alicyclic amines) is 1. The van der Waals surface area contributed by atoms with E-state index in [1.165, 1.54) is 58.0 Å². The SMILES string of the molecule is CC1(C)CC2CCC1(CC1OCC(CN3CCCCC3)O1)C2. The first-order valence-electron chi connectivity index (χ1n) is 9.56. The summed E-state index contributed by atoms with van der Waals surface area (Å²) in [4.78, 5) is 2.57. The van der Waals surface area contributed by atoms with Gasteiger partial charge in [-0.1, -0.05) is 20.3 Å². The highest BCUT2D eigenvalue weighted by molar-refractivity contribution is 5.06. The Morgan fingerprint density at radius 2 is 1.91 bits per heavy atom. The minimum atomic E-state index is 0.0610. The van der Waals surface area contributed by atoms with E-state index in [9.17, 15) is 0 Å². The van der Waals surface area contributed by atoms with Crippen molar-refractivity contribution < 1.29 is 9.47 Å². The van der Waals surface area contributed by atoms with E-state index in [1.54, 1.807) is 0 Å².